The molecule has 1 aliphatic rings. The van der Waals surface area contributed by atoms with Crippen LogP contribution in [0.5, 0.6) is 11.5 Å². The van der Waals surface area contributed by atoms with E-state index in [1.54, 1.807) is 61.1 Å². The van der Waals surface area contributed by atoms with Crippen LogP contribution in [0.4, 0.5) is 4.39 Å². The average Bonchev–Trinajstić information content (AvgIpc) is 3.61. The van der Waals surface area contributed by atoms with E-state index in [9.17, 15) is 18.8 Å². The molecule has 1 aliphatic heterocycles. The number of allylic oxidation sites excluding steroid dienone is 1. The molecule has 0 bridgehead atoms. The van der Waals surface area contributed by atoms with Gasteiger partial charge in [0.15, 0.2) is 16.3 Å². The summed E-state index contributed by atoms with van der Waals surface area (Å²) < 4.78 is 33.5. The summed E-state index contributed by atoms with van der Waals surface area (Å²) in [6.07, 6.45) is 3.53. The predicted octanol–water partition coefficient (Wildman–Crippen LogP) is 4.72. The summed E-state index contributed by atoms with van der Waals surface area (Å²) in [6, 6.07) is 19.4. The van der Waals surface area contributed by atoms with Crippen LogP contribution in [0.25, 0.3) is 23.0 Å². The molecule has 0 fully saturated rings. The van der Waals surface area contributed by atoms with Crippen LogP contribution in [0.2, 0.25) is 0 Å². The lowest BCUT2D eigenvalue weighted by molar-refractivity contribution is -0.139. The molecule has 238 valence electrons. The molecular formula is C35H29FN4O6S. The second-order valence-electron chi connectivity index (χ2n) is 10.5. The second-order valence-corrected chi connectivity index (χ2v) is 11.5. The van der Waals surface area contributed by atoms with Gasteiger partial charge in [0.1, 0.15) is 11.5 Å². The Bertz CT molecular complexity index is 2220. The SMILES string of the molecule is CCOC(=O)C1=C(C)N=c2s/c(=C/c3cn(-c4ccccc4)nc3-c3ccc(F)cc3)c(=O)n2[C@H]1c1ccc(OC(C)=O)c(OC)c1. The van der Waals surface area contributed by atoms with Gasteiger partial charge in [-0.2, -0.15) is 5.10 Å². The summed E-state index contributed by atoms with van der Waals surface area (Å²) in [5.74, 6) is -1.08. The second kappa shape index (κ2) is 13.0. The van der Waals surface area contributed by atoms with Crippen LogP contribution in [-0.4, -0.2) is 40.0 Å². The molecule has 1 atom stereocenters. The summed E-state index contributed by atoms with van der Waals surface area (Å²) in [6.45, 7) is 4.79. The van der Waals surface area contributed by atoms with Crippen LogP contribution < -0.4 is 24.4 Å². The molecule has 3 aromatic carbocycles. The Morgan fingerprint density at radius 3 is 2.47 bits per heavy atom. The van der Waals surface area contributed by atoms with E-state index in [-0.39, 0.29) is 29.5 Å². The number of benzene rings is 3. The van der Waals surface area contributed by atoms with Crippen molar-refractivity contribution in [1.82, 2.24) is 14.3 Å². The van der Waals surface area contributed by atoms with Gasteiger partial charge in [-0.15, -0.1) is 0 Å². The van der Waals surface area contributed by atoms with Crippen molar-refractivity contribution in [2.24, 2.45) is 4.99 Å². The summed E-state index contributed by atoms with van der Waals surface area (Å²) in [5.41, 5.74) is 3.35. The van der Waals surface area contributed by atoms with Crippen LogP contribution in [0, 0.1) is 5.82 Å². The topological polar surface area (TPSA) is 114 Å². The van der Waals surface area contributed by atoms with Gasteiger partial charge in [0.05, 0.1) is 41.2 Å². The number of carbonyl (C=O) groups excluding carboxylic acids is 2. The van der Waals surface area contributed by atoms with Crippen LogP contribution in [-0.2, 0) is 14.3 Å². The molecule has 0 aliphatic carbocycles. The number of ether oxygens (including phenoxy) is 3. The molecule has 0 amide bonds. The first kappa shape index (κ1) is 31.4. The fourth-order valence-corrected chi connectivity index (χ4v) is 6.42. The van der Waals surface area contributed by atoms with E-state index in [0.29, 0.717) is 37.4 Å². The number of para-hydroxylation sites is 1. The molecule has 5 aromatic rings. The third-order valence-electron chi connectivity index (χ3n) is 7.44. The van der Waals surface area contributed by atoms with Gasteiger partial charge in [-0.05, 0) is 74.0 Å². The number of methoxy groups -OCH3 is 1. The van der Waals surface area contributed by atoms with E-state index in [1.165, 1.54) is 30.7 Å². The molecule has 0 radical (unpaired) electrons. The largest absolute Gasteiger partial charge is 0.493 e. The summed E-state index contributed by atoms with van der Waals surface area (Å²) in [4.78, 5) is 44.3. The zero-order valence-electron chi connectivity index (χ0n) is 25.9. The number of nitrogens with zero attached hydrogens (tertiary/aromatic N) is 4. The Labute approximate surface area is 272 Å². The van der Waals surface area contributed by atoms with Crippen molar-refractivity contribution in [3.05, 3.63) is 127 Å². The third kappa shape index (κ3) is 6.15. The van der Waals surface area contributed by atoms with E-state index in [4.69, 9.17) is 19.3 Å². The smallest absolute Gasteiger partial charge is 0.338 e. The Balaban J connectivity index is 1.56. The van der Waals surface area contributed by atoms with E-state index in [1.807, 2.05) is 30.3 Å². The number of halogens is 1. The Kier molecular flexibility index (Phi) is 8.68. The molecule has 0 saturated carbocycles. The first-order chi connectivity index (χ1) is 22.7. The lowest BCUT2D eigenvalue weighted by atomic mass is 9.95. The zero-order valence-corrected chi connectivity index (χ0v) is 26.7. The maximum Gasteiger partial charge on any atom is 0.338 e. The summed E-state index contributed by atoms with van der Waals surface area (Å²) in [7, 11) is 1.43. The van der Waals surface area contributed by atoms with E-state index >= 15 is 0 Å². The molecule has 0 saturated heterocycles. The fraction of sp³-hybridized carbons (Fsp3) is 0.171. The van der Waals surface area contributed by atoms with Crippen LogP contribution in [0.1, 0.15) is 37.9 Å². The van der Waals surface area contributed by atoms with Crippen LogP contribution in [0.3, 0.4) is 0 Å². The highest BCUT2D eigenvalue weighted by Gasteiger charge is 2.34. The standard InChI is InChI=1S/C35H29FN4O6S/c1-5-45-34(43)30-20(2)37-35-40(32(30)23-13-16-27(46-21(3)41)28(17-23)44-4)33(42)29(47-35)18-24-19-39(26-9-7-6-8-10-26)38-31(24)22-11-14-25(36)15-12-22/h6-19,32H,5H2,1-4H3/b29-18+/t32-/m0/s1. The summed E-state index contributed by atoms with van der Waals surface area (Å²) >= 11 is 1.16. The van der Waals surface area contributed by atoms with Crippen molar-refractivity contribution in [3.8, 4) is 28.4 Å². The number of rotatable bonds is 8. The van der Waals surface area contributed by atoms with Gasteiger partial charge in [0.25, 0.3) is 5.56 Å². The third-order valence-corrected chi connectivity index (χ3v) is 8.42. The Morgan fingerprint density at radius 1 is 1.04 bits per heavy atom. The molecule has 47 heavy (non-hydrogen) atoms. The van der Waals surface area contributed by atoms with Gasteiger partial charge in [0, 0.05) is 24.2 Å². The zero-order chi connectivity index (χ0) is 33.2. The van der Waals surface area contributed by atoms with Crippen LogP contribution >= 0.6 is 11.3 Å². The minimum Gasteiger partial charge on any atom is -0.493 e. The van der Waals surface area contributed by atoms with Gasteiger partial charge >= 0.3 is 11.9 Å². The van der Waals surface area contributed by atoms with Crippen molar-refractivity contribution in [2.45, 2.75) is 26.8 Å². The predicted molar refractivity (Wildman–Crippen MR) is 174 cm³/mol. The molecule has 3 heterocycles. The Hall–Kier alpha value is -5.62. The number of thiazole rings is 1. The molecule has 0 spiro atoms. The number of fused-ring (bicyclic) bond motifs is 1. The quantitative estimate of drug-likeness (QED) is 0.176. The lowest BCUT2D eigenvalue weighted by Gasteiger charge is -2.25. The molecule has 6 rings (SSSR count). The average molecular weight is 653 g/mol. The van der Waals surface area contributed by atoms with E-state index in [0.717, 1.165) is 17.0 Å². The molecular weight excluding hydrogens is 623 g/mol. The normalized spacial score (nSPS) is 14.4. The minimum absolute atomic E-state index is 0.124. The lowest BCUT2D eigenvalue weighted by Crippen LogP contribution is -2.40. The molecule has 2 aromatic heterocycles. The summed E-state index contributed by atoms with van der Waals surface area (Å²) in [5, 5.41) is 4.78. The van der Waals surface area contributed by atoms with Gasteiger partial charge in [0.2, 0.25) is 0 Å². The number of esters is 2. The van der Waals surface area contributed by atoms with Crippen molar-refractivity contribution in [2.75, 3.05) is 13.7 Å². The number of carbonyl (C=O) groups is 2. The van der Waals surface area contributed by atoms with Crippen molar-refractivity contribution in [1.29, 1.82) is 0 Å². The van der Waals surface area contributed by atoms with Gasteiger partial charge in [-0.25, -0.2) is 18.9 Å². The van der Waals surface area contributed by atoms with Crippen molar-refractivity contribution in [3.63, 3.8) is 0 Å². The monoisotopic (exact) mass is 652 g/mol. The molecule has 10 nitrogen and oxygen atoms in total. The fourth-order valence-electron chi connectivity index (χ4n) is 5.38. The minimum atomic E-state index is -0.920. The number of aromatic nitrogens is 3. The Morgan fingerprint density at radius 2 is 1.79 bits per heavy atom. The highest BCUT2D eigenvalue weighted by atomic mass is 32.1. The van der Waals surface area contributed by atoms with E-state index in [2.05, 4.69) is 4.99 Å². The van der Waals surface area contributed by atoms with Gasteiger partial charge in [-0.3, -0.25) is 14.2 Å². The molecule has 0 N–H and O–H groups in total. The molecule has 12 heteroatoms. The maximum absolute atomic E-state index is 14.3. The van der Waals surface area contributed by atoms with Crippen molar-refractivity contribution < 1.29 is 28.2 Å². The number of hydrogen-bond acceptors (Lipinski definition) is 9. The highest BCUT2D eigenvalue weighted by molar-refractivity contribution is 7.07. The highest BCUT2D eigenvalue weighted by Crippen LogP contribution is 2.36. The van der Waals surface area contributed by atoms with Crippen LogP contribution in [0.15, 0.2) is 100 Å². The van der Waals surface area contributed by atoms with Gasteiger partial charge < -0.3 is 14.2 Å². The first-order valence-electron chi connectivity index (χ1n) is 14.7. The van der Waals surface area contributed by atoms with Crippen molar-refractivity contribution >= 4 is 29.4 Å². The number of hydrogen-bond donors (Lipinski definition) is 0. The maximum atomic E-state index is 14.3. The molecule has 0 unspecified atom stereocenters. The van der Waals surface area contributed by atoms with E-state index < -0.39 is 23.5 Å². The first-order valence-corrected chi connectivity index (χ1v) is 15.5. The van der Waals surface area contributed by atoms with Gasteiger partial charge in [-0.1, -0.05) is 35.6 Å².